The highest BCUT2D eigenvalue weighted by Crippen LogP contribution is 2.48. The van der Waals surface area contributed by atoms with Gasteiger partial charge >= 0.3 is 6.18 Å². The first-order valence-corrected chi connectivity index (χ1v) is 11.8. The van der Waals surface area contributed by atoms with E-state index in [4.69, 9.17) is 0 Å². The van der Waals surface area contributed by atoms with Gasteiger partial charge in [-0.1, -0.05) is 46.1 Å². The van der Waals surface area contributed by atoms with E-state index in [0.717, 1.165) is 24.0 Å². The van der Waals surface area contributed by atoms with Crippen LogP contribution >= 0.6 is 10.5 Å². The molecule has 0 N–H and O–H groups in total. The number of halogens is 4. The second kappa shape index (κ2) is 9.77. The van der Waals surface area contributed by atoms with Gasteiger partial charge in [0.1, 0.15) is 5.82 Å². The Morgan fingerprint density at radius 3 is 2.00 bits per heavy atom. The molecule has 0 nitrogen and oxygen atoms in total. The smallest absolute Gasteiger partial charge is 0.207 e. The van der Waals surface area contributed by atoms with Crippen molar-refractivity contribution in [3.8, 4) is 0 Å². The van der Waals surface area contributed by atoms with Crippen LogP contribution in [0.15, 0.2) is 18.2 Å². The Kier molecular flexibility index (Phi) is 8.80. The molecule has 1 fully saturated rings. The molecule has 0 heterocycles. The molecule has 0 aliphatic heterocycles. The zero-order valence-corrected chi connectivity index (χ0v) is 19.0. The number of rotatable bonds is 3. The molecular weight excluding hydrogens is 384 g/mol. The molecule has 1 aromatic carbocycles. The maximum atomic E-state index is 13.2. The summed E-state index contributed by atoms with van der Waals surface area (Å²) in [6.07, 6.45) is 1.37. The molecule has 0 spiro atoms. The maximum absolute atomic E-state index is 13.2. The number of benzene rings is 1. The van der Waals surface area contributed by atoms with Gasteiger partial charge < -0.3 is 0 Å². The Hall–Kier alpha value is -0.840. The van der Waals surface area contributed by atoms with Crippen molar-refractivity contribution >= 4 is 16.4 Å². The Bertz CT molecular complexity index is 648. The van der Waals surface area contributed by atoms with Gasteiger partial charge in [-0.2, -0.15) is 23.7 Å². The van der Waals surface area contributed by atoms with Crippen molar-refractivity contribution in [1.82, 2.24) is 0 Å². The Labute approximate surface area is 171 Å². The predicted molar refractivity (Wildman–Crippen MR) is 116 cm³/mol. The van der Waals surface area contributed by atoms with Crippen LogP contribution < -0.4 is 0 Å². The van der Waals surface area contributed by atoms with Gasteiger partial charge in [-0.05, 0) is 74.0 Å². The second-order valence-electron chi connectivity index (χ2n) is 9.17. The molecule has 1 aliphatic carbocycles. The minimum atomic E-state index is -4.06. The number of hydrogen-bond acceptors (Lipinski definition) is 0. The summed E-state index contributed by atoms with van der Waals surface area (Å²) in [6, 6.07) is 4.71. The molecule has 1 unspecified atom stereocenters. The van der Waals surface area contributed by atoms with Crippen LogP contribution in [-0.2, 0) is 6.42 Å². The van der Waals surface area contributed by atoms with Gasteiger partial charge in [0.25, 0.3) is 0 Å². The first-order valence-electron chi connectivity index (χ1n) is 9.98. The third-order valence-electron chi connectivity index (χ3n) is 6.17. The van der Waals surface area contributed by atoms with Crippen LogP contribution in [0.25, 0.3) is 0 Å². The van der Waals surface area contributed by atoms with Crippen molar-refractivity contribution in [1.29, 1.82) is 0 Å². The van der Waals surface area contributed by atoms with E-state index in [1.54, 1.807) is 6.07 Å². The zero-order valence-electron chi connectivity index (χ0n) is 18.2. The summed E-state index contributed by atoms with van der Waals surface area (Å²) in [4.78, 5) is 0. The number of hydrogen-bond donors (Lipinski definition) is 0. The van der Waals surface area contributed by atoms with Gasteiger partial charge in [-0.25, -0.2) is 4.39 Å². The van der Waals surface area contributed by atoms with Crippen molar-refractivity contribution in [2.75, 3.05) is 6.26 Å². The molecular formula is C23H36F4S. The van der Waals surface area contributed by atoms with Gasteiger partial charge in [0, 0.05) is 4.75 Å². The van der Waals surface area contributed by atoms with Crippen LogP contribution in [-0.4, -0.2) is 23.0 Å². The summed E-state index contributed by atoms with van der Waals surface area (Å²) < 4.78 is 52.0. The standard InChI is InChI=1S/C17H22F4.C6H14S/c1-3-16(8-6-14(7-9-16)17(19,20)21)11-13-4-5-15(18)10-12(13)2;1-6(2,3)7(4)5/h4-5,10,14H,3,6-9,11H2,1-2H3;4H2,1-3,5H3. The first kappa shape index (κ1) is 25.2. The highest BCUT2D eigenvalue weighted by atomic mass is 32.2. The minimum absolute atomic E-state index is 0.0651. The fraction of sp³-hybridized carbons (Fsp3) is 0.696. The molecule has 0 amide bonds. The van der Waals surface area contributed by atoms with Gasteiger partial charge in [0.05, 0.1) is 5.92 Å². The lowest BCUT2D eigenvalue weighted by Gasteiger charge is -2.40. The first-order chi connectivity index (χ1) is 12.7. The number of aryl methyl sites for hydroxylation is 1. The third kappa shape index (κ3) is 7.53. The molecule has 2 rings (SSSR count). The molecule has 1 aromatic rings. The van der Waals surface area contributed by atoms with E-state index in [9.17, 15) is 17.6 Å². The van der Waals surface area contributed by atoms with E-state index in [1.165, 1.54) is 12.1 Å². The fourth-order valence-electron chi connectivity index (χ4n) is 3.47. The lowest BCUT2D eigenvalue weighted by Crippen LogP contribution is -2.34. The monoisotopic (exact) mass is 420 g/mol. The summed E-state index contributed by atoms with van der Waals surface area (Å²) in [7, 11) is 0.317. The van der Waals surface area contributed by atoms with Crippen molar-refractivity contribution < 1.29 is 17.6 Å². The molecule has 0 saturated heterocycles. The Morgan fingerprint density at radius 1 is 1.14 bits per heavy atom. The summed E-state index contributed by atoms with van der Waals surface area (Å²) in [5.41, 5.74) is 1.88. The molecule has 162 valence electrons. The molecule has 0 bridgehead atoms. The molecule has 1 aliphatic rings. The molecule has 1 atom stereocenters. The van der Waals surface area contributed by atoms with Crippen LogP contribution in [0.4, 0.5) is 17.6 Å². The lowest BCUT2D eigenvalue weighted by molar-refractivity contribution is -0.187. The largest absolute Gasteiger partial charge is 0.391 e. The Balaban J connectivity index is 0.000000480. The predicted octanol–water partition coefficient (Wildman–Crippen LogP) is 7.94. The molecule has 0 aromatic heterocycles. The van der Waals surface area contributed by atoms with E-state index in [1.807, 2.05) is 13.8 Å². The van der Waals surface area contributed by atoms with Crippen LogP contribution in [0.2, 0.25) is 0 Å². The summed E-state index contributed by atoms with van der Waals surface area (Å²) in [5.74, 6) is 2.53. The van der Waals surface area contributed by atoms with Crippen molar-refractivity contribution in [2.24, 2.45) is 11.3 Å². The van der Waals surface area contributed by atoms with Crippen LogP contribution in [0.5, 0.6) is 0 Å². The van der Waals surface area contributed by atoms with Gasteiger partial charge in [-0.3, -0.25) is 0 Å². The van der Waals surface area contributed by atoms with Crippen LogP contribution in [0.3, 0.4) is 0 Å². The second-order valence-corrected chi connectivity index (χ2v) is 11.7. The quantitative estimate of drug-likeness (QED) is 0.344. The lowest BCUT2D eigenvalue weighted by atomic mass is 9.65. The highest BCUT2D eigenvalue weighted by Gasteiger charge is 2.45. The van der Waals surface area contributed by atoms with E-state index >= 15 is 0 Å². The molecule has 28 heavy (non-hydrogen) atoms. The van der Waals surface area contributed by atoms with Gasteiger partial charge in [0.2, 0.25) is 0 Å². The average Bonchev–Trinajstić information content (AvgIpc) is 2.57. The highest BCUT2D eigenvalue weighted by molar-refractivity contribution is 8.14. The van der Waals surface area contributed by atoms with Gasteiger partial charge in [-0.15, -0.1) is 0 Å². The van der Waals surface area contributed by atoms with E-state index in [-0.39, 0.29) is 24.1 Å². The fourth-order valence-corrected chi connectivity index (χ4v) is 3.47. The SMILES string of the molecule is C=S(C)C(C)(C)C.CCC1(Cc2ccc(F)cc2C)CCC(C(F)(F)F)CC1. The van der Waals surface area contributed by atoms with E-state index in [2.05, 4.69) is 32.9 Å². The maximum Gasteiger partial charge on any atom is 0.391 e. The molecule has 1 saturated carbocycles. The zero-order chi connectivity index (χ0) is 21.8. The molecule has 5 heteroatoms. The topological polar surface area (TPSA) is 0 Å². The van der Waals surface area contributed by atoms with Crippen LogP contribution in [0, 0.1) is 24.1 Å². The van der Waals surface area contributed by atoms with Crippen LogP contribution in [0.1, 0.15) is 70.9 Å². The van der Waals surface area contributed by atoms with Crippen molar-refractivity contribution in [3.63, 3.8) is 0 Å². The molecule has 0 radical (unpaired) electrons. The average molecular weight is 421 g/mol. The minimum Gasteiger partial charge on any atom is -0.207 e. The summed E-state index contributed by atoms with van der Waals surface area (Å²) in [5, 5.41) is 0. The van der Waals surface area contributed by atoms with Gasteiger partial charge in [0.15, 0.2) is 0 Å². The summed E-state index contributed by atoms with van der Waals surface area (Å²) in [6.45, 7) is 10.5. The third-order valence-corrected chi connectivity index (χ3v) is 8.27. The normalized spacial score (nSPS) is 24.3. The van der Waals surface area contributed by atoms with E-state index < -0.39 is 12.1 Å². The van der Waals surface area contributed by atoms with E-state index in [0.29, 0.717) is 28.1 Å². The summed E-state index contributed by atoms with van der Waals surface area (Å²) >= 11 is 0. The number of alkyl halides is 3. The van der Waals surface area contributed by atoms with Crippen molar-refractivity contribution in [3.05, 3.63) is 35.1 Å². The Morgan fingerprint density at radius 2 is 1.64 bits per heavy atom. The van der Waals surface area contributed by atoms with Crippen molar-refractivity contribution in [2.45, 2.75) is 84.1 Å².